The Balaban J connectivity index is 2.03. The summed E-state index contributed by atoms with van der Waals surface area (Å²) in [6, 6.07) is 0.956. The standard InChI is InChI=1S/C10H19N/c1-11-8-3-2-5-9-6-4-7-10(9)11/h9-10H,2-8H2,1H3/t9?,10-/m0/s1. The molecule has 1 aliphatic heterocycles. The average Bonchev–Trinajstić information content (AvgIpc) is 2.40. The number of fused-ring (bicyclic) bond motifs is 1. The molecule has 0 spiro atoms. The monoisotopic (exact) mass is 153 g/mol. The minimum absolute atomic E-state index is 0.956. The molecule has 0 aromatic carbocycles. The van der Waals surface area contributed by atoms with Crippen molar-refractivity contribution in [3.8, 4) is 0 Å². The Labute approximate surface area is 69.8 Å². The maximum Gasteiger partial charge on any atom is 0.0120 e. The Bertz CT molecular complexity index is 133. The van der Waals surface area contributed by atoms with Crippen molar-refractivity contribution in [2.75, 3.05) is 13.6 Å². The van der Waals surface area contributed by atoms with Gasteiger partial charge in [-0.25, -0.2) is 0 Å². The van der Waals surface area contributed by atoms with Crippen LogP contribution in [0.4, 0.5) is 0 Å². The smallest absolute Gasteiger partial charge is 0.0120 e. The molecule has 1 aliphatic carbocycles. The van der Waals surface area contributed by atoms with Gasteiger partial charge in [-0.2, -0.15) is 0 Å². The Morgan fingerprint density at radius 1 is 1.00 bits per heavy atom. The van der Waals surface area contributed by atoms with Crippen LogP contribution >= 0.6 is 0 Å². The minimum atomic E-state index is 0.956. The predicted molar refractivity (Wildman–Crippen MR) is 47.6 cm³/mol. The van der Waals surface area contributed by atoms with Gasteiger partial charge in [0.05, 0.1) is 0 Å². The molecule has 1 heterocycles. The van der Waals surface area contributed by atoms with Gasteiger partial charge < -0.3 is 4.90 Å². The fraction of sp³-hybridized carbons (Fsp3) is 1.00. The van der Waals surface area contributed by atoms with Crippen LogP contribution < -0.4 is 0 Å². The molecule has 2 atom stereocenters. The summed E-state index contributed by atoms with van der Waals surface area (Å²) < 4.78 is 0. The van der Waals surface area contributed by atoms with Gasteiger partial charge in [0.1, 0.15) is 0 Å². The van der Waals surface area contributed by atoms with Crippen LogP contribution in [0, 0.1) is 5.92 Å². The topological polar surface area (TPSA) is 3.24 Å². The van der Waals surface area contributed by atoms with E-state index < -0.39 is 0 Å². The third-order valence-electron chi connectivity index (χ3n) is 3.52. The predicted octanol–water partition coefficient (Wildman–Crippen LogP) is 2.27. The summed E-state index contributed by atoms with van der Waals surface area (Å²) in [5.41, 5.74) is 0. The van der Waals surface area contributed by atoms with Gasteiger partial charge in [-0.1, -0.05) is 12.8 Å². The highest BCUT2D eigenvalue weighted by Crippen LogP contribution is 2.34. The molecule has 1 saturated heterocycles. The third kappa shape index (κ3) is 1.44. The van der Waals surface area contributed by atoms with E-state index in [0.29, 0.717) is 0 Å². The van der Waals surface area contributed by atoms with Gasteiger partial charge >= 0.3 is 0 Å². The quantitative estimate of drug-likeness (QED) is 0.516. The van der Waals surface area contributed by atoms with Crippen LogP contribution in [-0.2, 0) is 0 Å². The van der Waals surface area contributed by atoms with Crippen LogP contribution in [0.1, 0.15) is 38.5 Å². The van der Waals surface area contributed by atoms with Gasteiger partial charge in [0.15, 0.2) is 0 Å². The SMILES string of the molecule is CN1CCCCC2CCC[C@@H]21. The third-order valence-corrected chi connectivity index (χ3v) is 3.52. The number of hydrogen-bond donors (Lipinski definition) is 0. The van der Waals surface area contributed by atoms with Crippen molar-refractivity contribution >= 4 is 0 Å². The highest BCUT2D eigenvalue weighted by molar-refractivity contribution is 4.85. The maximum atomic E-state index is 2.60. The second-order valence-corrected chi connectivity index (χ2v) is 4.23. The van der Waals surface area contributed by atoms with E-state index in [2.05, 4.69) is 11.9 Å². The van der Waals surface area contributed by atoms with E-state index in [9.17, 15) is 0 Å². The van der Waals surface area contributed by atoms with E-state index >= 15 is 0 Å². The highest BCUT2D eigenvalue weighted by atomic mass is 15.1. The Hall–Kier alpha value is -0.0400. The summed E-state index contributed by atoms with van der Waals surface area (Å²) in [5, 5.41) is 0. The number of nitrogens with zero attached hydrogens (tertiary/aromatic N) is 1. The van der Waals surface area contributed by atoms with Gasteiger partial charge in [-0.3, -0.25) is 0 Å². The number of rotatable bonds is 0. The van der Waals surface area contributed by atoms with Crippen molar-refractivity contribution in [2.45, 2.75) is 44.6 Å². The lowest BCUT2D eigenvalue weighted by Gasteiger charge is -2.26. The fourth-order valence-corrected chi connectivity index (χ4v) is 2.87. The lowest BCUT2D eigenvalue weighted by molar-refractivity contribution is 0.216. The lowest BCUT2D eigenvalue weighted by Crippen LogP contribution is -2.33. The second kappa shape index (κ2) is 3.14. The summed E-state index contributed by atoms with van der Waals surface area (Å²) in [7, 11) is 2.31. The van der Waals surface area contributed by atoms with Crippen molar-refractivity contribution in [2.24, 2.45) is 5.92 Å². The Morgan fingerprint density at radius 2 is 1.82 bits per heavy atom. The molecule has 0 radical (unpaired) electrons. The molecule has 64 valence electrons. The van der Waals surface area contributed by atoms with Crippen molar-refractivity contribution < 1.29 is 0 Å². The Kier molecular flexibility index (Phi) is 2.17. The molecule has 0 aromatic rings. The van der Waals surface area contributed by atoms with Crippen LogP contribution in [0.3, 0.4) is 0 Å². The molecule has 0 aromatic heterocycles. The van der Waals surface area contributed by atoms with Gasteiger partial charge in [-0.15, -0.1) is 0 Å². The Morgan fingerprint density at radius 3 is 2.73 bits per heavy atom. The van der Waals surface area contributed by atoms with Crippen LogP contribution in [-0.4, -0.2) is 24.5 Å². The average molecular weight is 153 g/mol. The first-order valence-electron chi connectivity index (χ1n) is 5.08. The van der Waals surface area contributed by atoms with Crippen LogP contribution in [0.25, 0.3) is 0 Å². The first-order chi connectivity index (χ1) is 5.38. The zero-order chi connectivity index (χ0) is 7.68. The first kappa shape index (κ1) is 7.60. The zero-order valence-corrected chi connectivity index (χ0v) is 7.55. The van der Waals surface area contributed by atoms with E-state index in [1.165, 1.54) is 45.1 Å². The number of likely N-dealkylation sites (tertiary alicyclic amines) is 1. The van der Waals surface area contributed by atoms with Crippen LogP contribution in [0.2, 0.25) is 0 Å². The molecular weight excluding hydrogens is 134 g/mol. The summed E-state index contributed by atoms with van der Waals surface area (Å²) >= 11 is 0. The molecular formula is C10H19N. The minimum Gasteiger partial charge on any atom is -0.303 e. The van der Waals surface area contributed by atoms with Gasteiger partial charge in [0.2, 0.25) is 0 Å². The van der Waals surface area contributed by atoms with Crippen LogP contribution in [0.15, 0.2) is 0 Å². The highest BCUT2D eigenvalue weighted by Gasteiger charge is 2.31. The van der Waals surface area contributed by atoms with Crippen molar-refractivity contribution in [1.29, 1.82) is 0 Å². The van der Waals surface area contributed by atoms with Crippen molar-refractivity contribution in [3.05, 3.63) is 0 Å². The van der Waals surface area contributed by atoms with Gasteiger partial charge in [0.25, 0.3) is 0 Å². The molecule has 1 saturated carbocycles. The largest absolute Gasteiger partial charge is 0.303 e. The molecule has 0 bridgehead atoms. The lowest BCUT2D eigenvalue weighted by atomic mass is 9.98. The normalized spacial score (nSPS) is 40.1. The van der Waals surface area contributed by atoms with Crippen molar-refractivity contribution in [3.63, 3.8) is 0 Å². The van der Waals surface area contributed by atoms with E-state index in [0.717, 1.165) is 12.0 Å². The van der Waals surface area contributed by atoms with E-state index in [1.807, 2.05) is 0 Å². The molecule has 0 N–H and O–H groups in total. The second-order valence-electron chi connectivity index (χ2n) is 4.23. The zero-order valence-electron chi connectivity index (χ0n) is 7.55. The molecule has 1 heteroatoms. The number of hydrogen-bond acceptors (Lipinski definition) is 1. The maximum absolute atomic E-state index is 2.60. The van der Waals surface area contributed by atoms with E-state index in [4.69, 9.17) is 0 Å². The van der Waals surface area contributed by atoms with E-state index in [1.54, 1.807) is 0 Å². The summed E-state index contributed by atoms with van der Waals surface area (Å²) in [6.45, 7) is 1.35. The van der Waals surface area contributed by atoms with Crippen molar-refractivity contribution in [1.82, 2.24) is 4.90 Å². The van der Waals surface area contributed by atoms with Gasteiger partial charge in [0, 0.05) is 6.04 Å². The summed E-state index contributed by atoms with van der Waals surface area (Å²) in [4.78, 5) is 2.60. The summed E-state index contributed by atoms with van der Waals surface area (Å²) in [5.74, 6) is 1.06. The molecule has 2 rings (SSSR count). The van der Waals surface area contributed by atoms with Gasteiger partial charge in [-0.05, 0) is 45.2 Å². The van der Waals surface area contributed by atoms with Crippen LogP contribution in [0.5, 0.6) is 0 Å². The molecule has 1 unspecified atom stereocenters. The fourth-order valence-electron chi connectivity index (χ4n) is 2.87. The molecule has 0 amide bonds. The first-order valence-corrected chi connectivity index (χ1v) is 5.08. The summed E-state index contributed by atoms with van der Waals surface area (Å²) in [6.07, 6.45) is 8.89. The molecule has 1 nitrogen and oxygen atoms in total. The molecule has 11 heavy (non-hydrogen) atoms. The molecule has 2 fully saturated rings. The van der Waals surface area contributed by atoms with E-state index in [-0.39, 0.29) is 0 Å². The molecule has 2 aliphatic rings.